The molecule has 0 unspecified atom stereocenters. The molecule has 0 saturated heterocycles. The van der Waals surface area contributed by atoms with E-state index in [1.807, 2.05) is 0 Å². The third kappa shape index (κ3) is 25.2. The van der Waals surface area contributed by atoms with Gasteiger partial charge in [0.05, 0.1) is 169 Å². The van der Waals surface area contributed by atoms with Crippen LogP contribution in [-0.4, -0.2) is 164 Å². The molecule has 0 aliphatic carbocycles. The molecule has 16 nitrogen and oxygen atoms in total. The number of para-hydroxylation sites is 1. The fourth-order valence-electron chi connectivity index (χ4n) is 5.27. The van der Waals surface area contributed by atoms with Crippen molar-refractivity contribution in [1.29, 1.82) is 0 Å². The van der Waals surface area contributed by atoms with Crippen molar-refractivity contribution in [2.75, 3.05) is 157 Å². The predicted octanol–water partition coefficient (Wildman–Crippen LogP) is 6.48. The molecule has 3 rings (SSSR count). The SMILES string of the molecule is O=C(CCOCCOCCOCCOCCOCCOCCOCCOCCOCCOCCOCCOC(=O)c1ccccc1Nc1cccc(C(F)(F)F)c1)Oc1c(F)c(F)c(F)c(F)c1F. The number of hydrogen-bond donors (Lipinski definition) is 1. The molecule has 0 aliphatic heterocycles. The molecule has 0 aliphatic rings. The van der Waals surface area contributed by atoms with Crippen molar-refractivity contribution in [3.8, 4) is 5.75 Å². The maximum Gasteiger partial charge on any atom is 0.416 e. The molecule has 0 heterocycles. The highest BCUT2D eigenvalue weighted by Gasteiger charge is 2.31. The van der Waals surface area contributed by atoms with Crippen LogP contribution in [-0.2, 0) is 67.8 Å². The van der Waals surface area contributed by atoms with E-state index in [1.54, 1.807) is 18.2 Å². The average Bonchev–Trinajstić information content (AvgIpc) is 3.33. The number of carbonyl (C=O) groups excluding carboxylic acids is 2. The highest BCUT2D eigenvalue weighted by molar-refractivity contribution is 5.96. The van der Waals surface area contributed by atoms with E-state index in [1.165, 1.54) is 18.2 Å². The first-order chi connectivity index (χ1) is 33.4. The van der Waals surface area contributed by atoms with Crippen molar-refractivity contribution in [3.05, 3.63) is 88.7 Å². The summed E-state index contributed by atoms with van der Waals surface area (Å²) in [5.41, 5.74) is -0.168. The molecule has 388 valence electrons. The van der Waals surface area contributed by atoms with Gasteiger partial charge < -0.3 is 66.9 Å². The van der Waals surface area contributed by atoms with Gasteiger partial charge in [0.25, 0.3) is 0 Å². The summed E-state index contributed by atoms with van der Waals surface area (Å²) in [7, 11) is 0. The predicted molar refractivity (Wildman–Crippen MR) is 227 cm³/mol. The van der Waals surface area contributed by atoms with Crippen molar-refractivity contribution >= 4 is 23.3 Å². The van der Waals surface area contributed by atoms with Gasteiger partial charge in [-0.15, -0.1) is 0 Å². The zero-order valence-electron chi connectivity index (χ0n) is 37.7. The number of halogens is 8. The normalized spacial score (nSPS) is 11.6. The van der Waals surface area contributed by atoms with Gasteiger partial charge in [0.15, 0.2) is 0 Å². The number of alkyl halides is 3. The zero-order valence-corrected chi connectivity index (χ0v) is 37.7. The van der Waals surface area contributed by atoms with E-state index in [0.717, 1.165) is 12.1 Å². The van der Waals surface area contributed by atoms with Crippen LogP contribution in [0.25, 0.3) is 0 Å². The number of benzene rings is 3. The average molecular weight is 1000 g/mol. The van der Waals surface area contributed by atoms with Crippen molar-refractivity contribution in [2.45, 2.75) is 12.6 Å². The Bertz CT molecular complexity index is 1870. The number of anilines is 2. The molecule has 1 N–H and O–H groups in total. The van der Waals surface area contributed by atoms with E-state index in [9.17, 15) is 44.7 Å². The lowest BCUT2D eigenvalue weighted by Gasteiger charge is -2.13. The lowest BCUT2D eigenvalue weighted by molar-refractivity contribution is -0.138. The molecule has 69 heavy (non-hydrogen) atoms. The van der Waals surface area contributed by atoms with Gasteiger partial charge in [-0.1, -0.05) is 18.2 Å². The first kappa shape index (κ1) is 58.7. The summed E-state index contributed by atoms with van der Waals surface area (Å²) in [4.78, 5) is 24.3. The number of rotatable bonds is 40. The molecular weight excluding hydrogens is 946 g/mol. The Balaban J connectivity index is 0.969. The minimum absolute atomic E-state index is 0.0280. The summed E-state index contributed by atoms with van der Waals surface area (Å²) in [6.45, 7) is 6.48. The second-order valence-electron chi connectivity index (χ2n) is 13.7. The number of hydrogen-bond acceptors (Lipinski definition) is 16. The maximum atomic E-state index is 13.6. The van der Waals surface area contributed by atoms with Crippen molar-refractivity contribution in [1.82, 2.24) is 0 Å². The first-order valence-electron chi connectivity index (χ1n) is 21.7. The fraction of sp³-hybridized carbons (Fsp3) is 0.556. The summed E-state index contributed by atoms with van der Waals surface area (Å²) >= 11 is 0. The lowest BCUT2D eigenvalue weighted by Crippen LogP contribution is -2.16. The number of esters is 2. The molecular formula is C45H57F8NO15. The van der Waals surface area contributed by atoms with Gasteiger partial charge in [-0.25, -0.2) is 18.0 Å². The van der Waals surface area contributed by atoms with E-state index >= 15 is 0 Å². The topological polar surface area (TPSA) is 166 Å². The van der Waals surface area contributed by atoms with Gasteiger partial charge in [0, 0.05) is 5.69 Å². The van der Waals surface area contributed by atoms with Gasteiger partial charge in [-0.2, -0.15) is 22.0 Å². The number of ether oxygens (including phenoxy) is 13. The molecule has 0 radical (unpaired) electrons. The quantitative estimate of drug-likeness (QED) is 0.0164. The van der Waals surface area contributed by atoms with E-state index in [-0.39, 0.29) is 64.1 Å². The van der Waals surface area contributed by atoms with Crippen LogP contribution in [0.4, 0.5) is 46.5 Å². The van der Waals surface area contributed by atoms with Crippen LogP contribution in [0.2, 0.25) is 0 Å². The monoisotopic (exact) mass is 1000 g/mol. The van der Waals surface area contributed by atoms with Gasteiger partial charge in [0.1, 0.15) is 6.61 Å². The van der Waals surface area contributed by atoms with E-state index in [0.29, 0.717) is 105 Å². The molecule has 0 amide bonds. The molecule has 0 saturated carbocycles. The van der Waals surface area contributed by atoms with Crippen LogP contribution < -0.4 is 10.1 Å². The van der Waals surface area contributed by atoms with Crippen molar-refractivity contribution in [2.24, 2.45) is 0 Å². The highest BCUT2D eigenvalue weighted by Crippen LogP contribution is 2.32. The van der Waals surface area contributed by atoms with Crippen LogP contribution in [0, 0.1) is 29.1 Å². The Kier molecular flexibility index (Phi) is 30.2. The molecule has 0 spiro atoms. The van der Waals surface area contributed by atoms with Gasteiger partial charge >= 0.3 is 18.1 Å². The zero-order chi connectivity index (χ0) is 50.0. The number of nitrogens with one attached hydrogen (secondary N) is 1. The Morgan fingerprint density at radius 1 is 0.435 bits per heavy atom. The Morgan fingerprint density at radius 3 is 1.20 bits per heavy atom. The van der Waals surface area contributed by atoms with Crippen LogP contribution in [0.15, 0.2) is 48.5 Å². The van der Waals surface area contributed by atoms with E-state index in [2.05, 4.69) is 10.1 Å². The van der Waals surface area contributed by atoms with Crippen molar-refractivity contribution < 1.29 is 106 Å². The summed E-state index contributed by atoms with van der Waals surface area (Å²) in [6.07, 6.45) is -5.00. The minimum Gasteiger partial charge on any atom is -0.460 e. The first-order valence-corrected chi connectivity index (χ1v) is 21.7. The summed E-state index contributed by atoms with van der Waals surface area (Å²) in [6, 6.07) is 11.0. The standard InChI is InChI=1S/C45H57F8NO15/c46-38-39(47)41(49)43(42(50)40(38)48)69-37(55)8-9-57-10-11-58-12-13-59-14-15-60-16-17-61-18-19-62-20-21-63-22-23-64-24-25-65-26-27-66-28-29-67-30-31-68-44(56)35-6-1-2-7-36(35)54-34-5-3-4-33(32-34)45(51,52)53/h1-7,32,54H,8-31H2. The Hall–Kier alpha value is -4.60. The van der Waals surface area contributed by atoms with Crippen LogP contribution in [0.3, 0.4) is 0 Å². The molecule has 24 heteroatoms. The Labute approximate surface area is 393 Å². The molecule has 0 atom stereocenters. The Morgan fingerprint density at radius 2 is 0.797 bits per heavy atom. The largest absolute Gasteiger partial charge is 0.460 e. The number of carbonyl (C=O) groups is 2. The van der Waals surface area contributed by atoms with Crippen LogP contribution >= 0.6 is 0 Å². The highest BCUT2D eigenvalue weighted by atomic mass is 19.4. The van der Waals surface area contributed by atoms with Crippen molar-refractivity contribution in [3.63, 3.8) is 0 Å². The minimum atomic E-state index is -4.50. The van der Waals surface area contributed by atoms with Gasteiger partial charge in [-0.05, 0) is 30.3 Å². The molecule has 0 fully saturated rings. The molecule has 3 aromatic rings. The third-order valence-corrected chi connectivity index (χ3v) is 8.63. The fourth-order valence-corrected chi connectivity index (χ4v) is 5.27. The van der Waals surface area contributed by atoms with E-state index < -0.39 is 64.9 Å². The van der Waals surface area contributed by atoms with E-state index in [4.69, 9.17) is 56.8 Å². The maximum absolute atomic E-state index is 13.6. The smallest absolute Gasteiger partial charge is 0.416 e. The third-order valence-electron chi connectivity index (χ3n) is 8.63. The lowest BCUT2D eigenvalue weighted by atomic mass is 10.1. The summed E-state index contributed by atoms with van der Waals surface area (Å²) in [5.74, 6) is -14.9. The molecule has 0 aromatic heterocycles. The molecule has 3 aromatic carbocycles. The second kappa shape index (κ2) is 35.5. The molecule has 0 bridgehead atoms. The van der Waals surface area contributed by atoms with Gasteiger partial charge in [0.2, 0.25) is 34.8 Å². The summed E-state index contributed by atoms with van der Waals surface area (Å²) < 4.78 is 175. The van der Waals surface area contributed by atoms with Crippen LogP contribution in [0.5, 0.6) is 5.75 Å². The van der Waals surface area contributed by atoms with Crippen LogP contribution in [0.1, 0.15) is 22.3 Å². The summed E-state index contributed by atoms with van der Waals surface area (Å²) in [5, 5.41) is 2.84. The van der Waals surface area contributed by atoms with Gasteiger partial charge in [-0.3, -0.25) is 4.79 Å². The second-order valence-corrected chi connectivity index (χ2v) is 13.7.